The van der Waals surface area contributed by atoms with E-state index in [0.717, 1.165) is 5.69 Å². The quantitative estimate of drug-likeness (QED) is 0.725. The second kappa shape index (κ2) is 7.74. The highest BCUT2D eigenvalue weighted by atomic mass is 19.1. The summed E-state index contributed by atoms with van der Waals surface area (Å²) in [6.45, 7) is 3.82. The van der Waals surface area contributed by atoms with Gasteiger partial charge in [0.05, 0.1) is 5.69 Å². The Labute approximate surface area is 151 Å². The van der Waals surface area contributed by atoms with Gasteiger partial charge in [-0.1, -0.05) is 18.2 Å². The number of amides is 1. The summed E-state index contributed by atoms with van der Waals surface area (Å²) in [5, 5.41) is 6.01. The second-order valence-electron chi connectivity index (χ2n) is 6.13. The van der Waals surface area contributed by atoms with Gasteiger partial charge in [0.25, 0.3) is 5.91 Å². The first-order valence-corrected chi connectivity index (χ1v) is 8.27. The third-order valence-corrected chi connectivity index (χ3v) is 3.60. The van der Waals surface area contributed by atoms with E-state index in [0.29, 0.717) is 22.6 Å². The van der Waals surface area contributed by atoms with Gasteiger partial charge in [-0.2, -0.15) is 0 Å². The first-order valence-electron chi connectivity index (χ1n) is 8.27. The number of hydrogen-bond acceptors (Lipinski definition) is 4. The maximum Gasteiger partial charge on any atom is 0.251 e. The Morgan fingerprint density at radius 1 is 1.04 bits per heavy atom. The Morgan fingerprint density at radius 2 is 1.85 bits per heavy atom. The first kappa shape index (κ1) is 17.5. The van der Waals surface area contributed by atoms with Crippen LogP contribution in [-0.2, 0) is 0 Å². The molecule has 3 rings (SSSR count). The van der Waals surface area contributed by atoms with E-state index in [1.807, 2.05) is 19.9 Å². The summed E-state index contributed by atoms with van der Waals surface area (Å²) in [6, 6.07) is 15.2. The molecule has 3 aromatic rings. The molecule has 132 valence electrons. The Morgan fingerprint density at radius 3 is 2.62 bits per heavy atom. The van der Waals surface area contributed by atoms with Gasteiger partial charge in [0.2, 0.25) is 0 Å². The molecule has 1 heterocycles. The van der Waals surface area contributed by atoms with Gasteiger partial charge < -0.3 is 10.6 Å². The van der Waals surface area contributed by atoms with Crippen LogP contribution < -0.4 is 10.6 Å². The van der Waals surface area contributed by atoms with Gasteiger partial charge in [0.15, 0.2) is 0 Å². The van der Waals surface area contributed by atoms with Gasteiger partial charge in [0, 0.05) is 28.9 Å². The SMILES string of the molecule is CC(C)NC(=O)c1cccc(Nc2cc(-c3cccc(F)c3)ncn2)c1. The molecule has 1 aromatic heterocycles. The summed E-state index contributed by atoms with van der Waals surface area (Å²) in [4.78, 5) is 20.5. The van der Waals surface area contributed by atoms with Crippen molar-refractivity contribution in [3.8, 4) is 11.3 Å². The van der Waals surface area contributed by atoms with Gasteiger partial charge in [-0.25, -0.2) is 14.4 Å². The average molecular weight is 350 g/mol. The number of hydrogen-bond donors (Lipinski definition) is 2. The van der Waals surface area contributed by atoms with E-state index in [4.69, 9.17) is 0 Å². The molecule has 0 bridgehead atoms. The third-order valence-electron chi connectivity index (χ3n) is 3.60. The summed E-state index contributed by atoms with van der Waals surface area (Å²) in [7, 11) is 0. The minimum Gasteiger partial charge on any atom is -0.350 e. The maximum absolute atomic E-state index is 13.4. The third kappa shape index (κ3) is 4.42. The zero-order valence-electron chi connectivity index (χ0n) is 14.5. The summed E-state index contributed by atoms with van der Waals surface area (Å²) >= 11 is 0. The lowest BCUT2D eigenvalue weighted by atomic mass is 10.1. The van der Waals surface area contributed by atoms with Crippen molar-refractivity contribution in [2.75, 3.05) is 5.32 Å². The van der Waals surface area contributed by atoms with E-state index in [1.54, 1.807) is 36.4 Å². The highest BCUT2D eigenvalue weighted by Crippen LogP contribution is 2.22. The lowest BCUT2D eigenvalue weighted by Crippen LogP contribution is -2.30. The molecule has 0 saturated heterocycles. The van der Waals surface area contributed by atoms with Gasteiger partial charge in [-0.15, -0.1) is 0 Å². The van der Waals surface area contributed by atoms with Crippen LogP contribution in [0.5, 0.6) is 0 Å². The smallest absolute Gasteiger partial charge is 0.251 e. The molecule has 26 heavy (non-hydrogen) atoms. The highest BCUT2D eigenvalue weighted by Gasteiger charge is 2.08. The van der Waals surface area contributed by atoms with Crippen molar-refractivity contribution in [3.05, 3.63) is 72.3 Å². The largest absolute Gasteiger partial charge is 0.350 e. The number of benzene rings is 2. The van der Waals surface area contributed by atoms with Gasteiger partial charge in [-0.3, -0.25) is 4.79 Å². The van der Waals surface area contributed by atoms with E-state index < -0.39 is 0 Å². The summed E-state index contributed by atoms with van der Waals surface area (Å²) < 4.78 is 13.4. The predicted octanol–water partition coefficient (Wildman–Crippen LogP) is 4.16. The van der Waals surface area contributed by atoms with Crippen LogP contribution >= 0.6 is 0 Å². The Balaban J connectivity index is 1.81. The lowest BCUT2D eigenvalue weighted by molar-refractivity contribution is 0.0943. The summed E-state index contributed by atoms with van der Waals surface area (Å²) in [5.74, 6) is 0.104. The summed E-state index contributed by atoms with van der Waals surface area (Å²) in [5.41, 5.74) is 2.56. The molecule has 0 unspecified atom stereocenters. The molecule has 0 aliphatic rings. The van der Waals surface area contributed by atoms with Crippen molar-refractivity contribution < 1.29 is 9.18 Å². The van der Waals surface area contributed by atoms with Crippen LogP contribution in [0.1, 0.15) is 24.2 Å². The van der Waals surface area contributed by atoms with Crippen LogP contribution in [0.3, 0.4) is 0 Å². The highest BCUT2D eigenvalue weighted by molar-refractivity contribution is 5.95. The zero-order valence-corrected chi connectivity index (χ0v) is 14.5. The van der Waals surface area contributed by atoms with Crippen LogP contribution in [0, 0.1) is 5.82 Å². The molecule has 0 atom stereocenters. The van der Waals surface area contributed by atoms with Gasteiger partial charge in [0.1, 0.15) is 18.0 Å². The fourth-order valence-corrected chi connectivity index (χ4v) is 2.46. The summed E-state index contributed by atoms with van der Waals surface area (Å²) in [6.07, 6.45) is 1.41. The number of nitrogens with zero attached hydrogens (tertiary/aromatic N) is 2. The van der Waals surface area contributed by atoms with Gasteiger partial charge >= 0.3 is 0 Å². The van der Waals surface area contributed by atoms with Crippen molar-refractivity contribution in [1.29, 1.82) is 0 Å². The number of nitrogens with one attached hydrogen (secondary N) is 2. The molecule has 0 saturated carbocycles. The van der Waals surface area contributed by atoms with E-state index in [1.165, 1.54) is 18.5 Å². The van der Waals surface area contributed by atoms with Crippen LogP contribution in [-0.4, -0.2) is 21.9 Å². The monoisotopic (exact) mass is 350 g/mol. The fraction of sp³-hybridized carbons (Fsp3) is 0.150. The Hall–Kier alpha value is -3.28. The molecule has 0 radical (unpaired) electrons. The number of rotatable bonds is 5. The molecule has 1 amide bonds. The van der Waals surface area contributed by atoms with E-state index in [9.17, 15) is 9.18 Å². The van der Waals surface area contributed by atoms with Crippen molar-refractivity contribution in [1.82, 2.24) is 15.3 Å². The van der Waals surface area contributed by atoms with Crippen molar-refractivity contribution in [2.45, 2.75) is 19.9 Å². The number of carbonyl (C=O) groups is 1. The first-order chi connectivity index (χ1) is 12.5. The molecular weight excluding hydrogens is 331 g/mol. The van der Waals surface area contributed by atoms with Crippen LogP contribution in [0.2, 0.25) is 0 Å². The van der Waals surface area contributed by atoms with E-state index >= 15 is 0 Å². The maximum atomic E-state index is 13.4. The second-order valence-corrected chi connectivity index (χ2v) is 6.13. The van der Waals surface area contributed by atoms with Crippen molar-refractivity contribution in [2.24, 2.45) is 0 Å². The topological polar surface area (TPSA) is 66.9 Å². The molecule has 6 heteroatoms. The minimum absolute atomic E-state index is 0.0646. The van der Waals surface area contributed by atoms with Crippen molar-refractivity contribution in [3.63, 3.8) is 0 Å². The average Bonchev–Trinajstić information content (AvgIpc) is 2.62. The van der Waals surface area contributed by atoms with Crippen molar-refractivity contribution >= 4 is 17.4 Å². The standard InChI is InChI=1S/C20H19FN4O/c1-13(2)24-20(26)15-6-4-8-17(10-15)25-19-11-18(22-12-23-19)14-5-3-7-16(21)9-14/h3-13H,1-2H3,(H,24,26)(H,22,23,25). The molecular formula is C20H19FN4O. The van der Waals surface area contributed by atoms with E-state index in [2.05, 4.69) is 20.6 Å². The molecule has 2 N–H and O–H groups in total. The van der Waals surface area contributed by atoms with Crippen LogP contribution in [0.25, 0.3) is 11.3 Å². The molecule has 0 aliphatic heterocycles. The molecule has 0 aliphatic carbocycles. The molecule has 0 fully saturated rings. The van der Waals surface area contributed by atoms with Gasteiger partial charge in [-0.05, 0) is 44.2 Å². The predicted molar refractivity (Wildman–Crippen MR) is 99.8 cm³/mol. The zero-order chi connectivity index (χ0) is 18.5. The molecule has 5 nitrogen and oxygen atoms in total. The van der Waals surface area contributed by atoms with Crippen LogP contribution in [0.4, 0.5) is 15.9 Å². The molecule has 0 spiro atoms. The van der Waals surface area contributed by atoms with E-state index in [-0.39, 0.29) is 17.8 Å². The van der Waals surface area contributed by atoms with Crippen LogP contribution in [0.15, 0.2) is 60.9 Å². The number of anilines is 2. The number of halogens is 1. The Kier molecular flexibility index (Phi) is 5.22. The minimum atomic E-state index is -0.320. The fourth-order valence-electron chi connectivity index (χ4n) is 2.46. The number of aromatic nitrogens is 2. The molecule has 2 aromatic carbocycles. The Bertz CT molecular complexity index is 927. The lowest BCUT2D eigenvalue weighted by Gasteiger charge is -2.11. The number of carbonyl (C=O) groups excluding carboxylic acids is 1. The normalized spacial score (nSPS) is 10.6.